The van der Waals surface area contributed by atoms with Crippen molar-refractivity contribution in [3.63, 3.8) is 0 Å². The predicted octanol–water partition coefficient (Wildman–Crippen LogP) is 3.88. The average Bonchev–Trinajstić information content (AvgIpc) is 2.44. The Kier molecular flexibility index (Phi) is 5.79. The van der Waals surface area contributed by atoms with Gasteiger partial charge in [0.15, 0.2) is 0 Å². The molecule has 2 unspecified atom stereocenters. The topological polar surface area (TPSA) is 21.3 Å². The van der Waals surface area contributed by atoms with Crippen LogP contribution in [0, 0.1) is 11.7 Å². The highest BCUT2D eigenvalue weighted by Crippen LogP contribution is 2.22. The van der Waals surface area contributed by atoms with Gasteiger partial charge in [-0.3, -0.25) is 0 Å². The van der Waals surface area contributed by atoms with Crippen LogP contribution in [0.2, 0.25) is 0 Å². The van der Waals surface area contributed by atoms with E-state index in [9.17, 15) is 4.39 Å². The Hall–Kier alpha value is -0.450. The number of hydrogen-bond donors (Lipinski definition) is 1. The van der Waals surface area contributed by atoms with Crippen molar-refractivity contribution in [2.24, 2.45) is 5.92 Å². The minimum atomic E-state index is -0.195. The van der Waals surface area contributed by atoms with Gasteiger partial charge in [0.1, 0.15) is 5.82 Å². The van der Waals surface area contributed by atoms with E-state index in [1.54, 1.807) is 12.1 Å². The molecule has 0 bridgehead atoms. The summed E-state index contributed by atoms with van der Waals surface area (Å²) in [4.78, 5) is 0. The summed E-state index contributed by atoms with van der Waals surface area (Å²) >= 11 is 3.36. The van der Waals surface area contributed by atoms with Crippen LogP contribution in [-0.4, -0.2) is 19.2 Å². The molecule has 0 aromatic heterocycles. The third-order valence-corrected chi connectivity index (χ3v) is 4.22. The summed E-state index contributed by atoms with van der Waals surface area (Å²) in [7, 11) is 0. The molecule has 19 heavy (non-hydrogen) atoms. The maximum Gasteiger partial charge on any atom is 0.128 e. The van der Waals surface area contributed by atoms with Crippen molar-refractivity contribution in [3.8, 4) is 0 Å². The molecule has 2 rings (SSSR count). The Morgan fingerprint density at radius 2 is 2.37 bits per heavy atom. The van der Waals surface area contributed by atoms with Gasteiger partial charge in [-0.25, -0.2) is 4.39 Å². The summed E-state index contributed by atoms with van der Waals surface area (Å²) in [6.45, 7) is 4.60. The zero-order valence-electron chi connectivity index (χ0n) is 11.3. The van der Waals surface area contributed by atoms with E-state index in [-0.39, 0.29) is 11.9 Å². The van der Waals surface area contributed by atoms with Crippen molar-refractivity contribution >= 4 is 15.9 Å². The molecular weight excluding hydrogens is 309 g/mol. The molecule has 1 saturated heterocycles. The second-order valence-electron chi connectivity index (χ2n) is 5.10. The van der Waals surface area contributed by atoms with Gasteiger partial charge in [-0.15, -0.1) is 0 Å². The first kappa shape index (κ1) is 14.9. The Balaban J connectivity index is 1.93. The van der Waals surface area contributed by atoms with Crippen molar-refractivity contribution in [3.05, 3.63) is 34.1 Å². The first-order valence-corrected chi connectivity index (χ1v) is 7.76. The first-order chi connectivity index (χ1) is 9.20. The van der Waals surface area contributed by atoms with Gasteiger partial charge in [0.2, 0.25) is 0 Å². The lowest BCUT2D eigenvalue weighted by atomic mass is 9.92. The lowest BCUT2D eigenvalue weighted by Gasteiger charge is -2.30. The van der Waals surface area contributed by atoms with Gasteiger partial charge >= 0.3 is 0 Å². The highest BCUT2D eigenvalue weighted by atomic mass is 79.9. The molecule has 0 saturated carbocycles. The van der Waals surface area contributed by atoms with E-state index < -0.39 is 0 Å². The van der Waals surface area contributed by atoms with Crippen LogP contribution in [0.15, 0.2) is 22.7 Å². The molecule has 1 fully saturated rings. The summed E-state index contributed by atoms with van der Waals surface area (Å²) in [6, 6.07) is 4.98. The molecule has 0 amide bonds. The zero-order chi connectivity index (χ0) is 13.7. The normalized spacial score (nSPS) is 21.3. The highest BCUT2D eigenvalue weighted by Gasteiger charge is 2.23. The molecule has 4 heteroatoms. The summed E-state index contributed by atoms with van der Waals surface area (Å²) in [5.74, 6) is 0.355. The fourth-order valence-corrected chi connectivity index (χ4v) is 3.04. The number of nitrogens with one attached hydrogen (secondary N) is 1. The largest absolute Gasteiger partial charge is 0.373 e. The van der Waals surface area contributed by atoms with Crippen LogP contribution in [0.3, 0.4) is 0 Å². The van der Waals surface area contributed by atoms with Crippen molar-refractivity contribution in [2.45, 2.75) is 38.9 Å². The van der Waals surface area contributed by atoms with Crippen LogP contribution in [0.1, 0.15) is 31.7 Å². The lowest BCUT2D eigenvalue weighted by molar-refractivity contribution is -0.00929. The maximum atomic E-state index is 13.7. The third-order valence-electron chi connectivity index (χ3n) is 3.72. The molecule has 2 nitrogen and oxygen atoms in total. The first-order valence-electron chi connectivity index (χ1n) is 6.97. The number of piperidine rings is 1. The van der Waals surface area contributed by atoms with E-state index in [1.807, 2.05) is 0 Å². The van der Waals surface area contributed by atoms with Gasteiger partial charge < -0.3 is 10.1 Å². The minimum absolute atomic E-state index is 0.195. The highest BCUT2D eigenvalue weighted by molar-refractivity contribution is 9.10. The molecule has 1 aliphatic heterocycles. The maximum absolute atomic E-state index is 13.7. The van der Waals surface area contributed by atoms with Crippen LogP contribution in [-0.2, 0) is 11.3 Å². The molecule has 0 aliphatic carbocycles. The van der Waals surface area contributed by atoms with Gasteiger partial charge in [0, 0.05) is 16.6 Å². The van der Waals surface area contributed by atoms with Crippen LogP contribution in [0.5, 0.6) is 0 Å². The van der Waals surface area contributed by atoms with Gasteiger partial charge in [-0.1, -0.05) is 22.9 Å². The molecule has 1 heterocycles. The molecule has 2 atom stereocenters. The summed E-state index contributed by atoms with van der Waals surface area (Å²) < 4.78 is 20.5. The summed E-state index contributed by atoms with van der Waals surface area (Å²) in [6.07, 6.45) is 3.59. The van der Waals surface area contributed by atoms with E-state index in [0.717, 1.165) is 24.0 Å². The molecule has 1 N–H and O–H groups in total. The van der Waals surface area contributed by atoms with E-state index >= 15 is 0 Å². The molecule has 106 valence electrons. The van der Waals surface area contributed by atoms with Gasteiger partial charge in [-0.2, -0.15) is 0 Å². The van der Waals surface area contributed by atoms with Crippen LogP contribution >= 0.6 is 15.9 Å². The average molecular weight is 330 g/mol. The van der Waals surface area contributed by atoms with E-state index in [1.165, 1.54) is 18.9 Å². The Morgan fingerprint density at radius 1 is 1.53 bits per heavy atom. The minimum Gasteiger partial charge on any atom is -0.373 e. The molecule has 0 radical (unpaired) electrons. The number of rotatable bonds is 5. The third kappa shape index (κ3) is 4.26. The molecule has 0 spiro atoms. The Labute approximate surface area is 122 Å². The lowest BCUT2D eigenvalue weighted by Crippen LogP contribution is -2.37. The van der Waals surface area contributed by atoms with E-state index in [0.29, 0.717) is 18.1 Å². The van der Waals surface area contributed by atoms with E-state index in [4.69, 9.17) is 4.74 Å². The zero-order valence-corrected chi connectivity index (χ0v) is 12.9. The quantitative estimate of drug-likeness (QED) is 0.885. The van der Waals surface area contributed by atoms with E-state index in [2.05, 4.69) is 28.2 Å². The Bertz CT molecular complexity index is 407. The van der Waals surface area contributed by atoms with Gasteiger partial charge in [-0.05, 0) is 49.9 Å². The van der Waals surface area contributed by atoms with Crippen molar-refractivity contribution in [1.29, 1.82) is 0 Å². The Morgan fingerprint density at radius 3 is 3.05 bits per heavy atom. The number of hydrogen-bond acceptors (Lipinski definition) is 2. The van der Waals surface area contributed by atoms with Crippen LogP contribution < -0.4 is 5.32 Å². The molecule has 1 aromatic rings. The van der Waals surface area contributed by atoms with Crippen LogP contribution in [0.4, 0.5) is 4.39 Å². The monoisotopic (exact) mass is 329 g/mol. The summed E-state index contributed by atoms with van der Waals surface area (Å²) in [5.41, 5.74) is 0.622. The van der Waals surface area contributed by atoms with Crippen molar-refractivity contribution in [2.75, 3.05) is 13.1 Å². The van der Waals surface area contributed by atoms with Crippen molar-refractivity contribution < 1.29 is 9.13 Å². The summed E-state index contributed by atoms with van der Waals surface area (Å²) in [5, 5.41) is 3.41. The van der Waals surface area contributed by atoms with Gasteiger partial charge in [0.05, 0.1) is 12.7 Å². The molecule has 1 aliphatic rings. The van der Waals surface area contributed by atoms with Gasteiger partial charge in [0.25, 0.3) is 0 Å². The number of benzene rings is 1. The number of ether oxygens (including phenoxy) is 1. The second-order valence-corrected chi connectivity index (χ2v) is 6.02. The predicted molar refractivity (Wildman–Crippen MR) is 78.6 cm³/mol. The standard InChI is InChI=1S/C15H21BrFNO/c1-2-15(11-4-3-7-18-9-11)19-10-12-8-13(16)5-6-14(12)17/h5-6,8,11,15,18H,2-4,7,9-10H2,1H3. The molecule has 1 aromatic carbocycles. The SMILES string of the molecule is CCC(OCc1cc(Br)ccc1F)C1CCCNC1. The van der Waals surface area contributed by atoms with Crippen molar-refractivity contribution in [1.82, 2.24) is 5.32 Å². The number of halogens is 2. The van der Waals surface area contributed by atoms with Crippen LogP contribution in [0.25, 0.3) is 0 Å². The molecular formula is C15H21BrFNO. The smallest absolute Gasteiger partial charge is 0.128 e. The second kappa shape index (κ2) is 7.36. The fraction of sp³-hybridized carbons (Fsp3) is 0.600. The fourth-order valence-electron chi connectivity index (χ4n) is 2.63.